The molecule has 0 aliphatic heterocycles. The standard InChI is InChI=1S/C20H27N3O3S.HI/c1-4-21-20(23-17-10-11-18(25-2)19(14-17)26-3)22-12-13-27(24)15-16-8-6-5-7-9-16;/h5-11,14H,4,12-13,15H2,1-3H3,(H2,21,22,23);1H. The third-order valence-corrected chi connectivity index (χ3v) is 5.04. The highest BCUT2D eigenvalue weighted by Gasteiger charge is 2.07. The Bertz CT molecular complexity index is 773. The summed E-state index contributed by atoms with van der Waals surface area (Å²) >= 11 is 0. The molecule has 2 N–H and O–H groups in total. The molecule has 0 saturated heterocycles. The number of ether oxygens (including phenoxy) is 2. The van der Waals surface area contributed by atoms with Crippen molar-refractivity contribution in [2.45, 2.75) is 12.7 Å². The van der Waals surface area contributed by atoms with E-state index in [0.717, 1.165) is 17.8 Å². The normalized spacial score (nSPS) is 11.9. The first-order valence-electron chi connectivity index (χ1n) is 8.82. The Balaban J connectivity index is 0.00000392. The van der Waals surface area contributed by atoms with E-state index in [2.05, 4.69) is 15.6 Å². The summed E-state index contributed by atoms with van der Waals surface area (Å²) in [6.45, 7) is 3.20. The molecule has 0 fully saturated rings. The number of anilines is 1. The molecule has 8 heteroatoms. The Hall–Kier alpha value is -1.81. The molecule has 2 aromatic rings. The predicted octanol–water partition coefficient (Wildman–Crippen LogP) is 3.65. The second kappa shape index (κ2) is 13.4. The molecule has 2 aromatic carbocycles. The zero-order chi connectivity index (χ0) is 19.5. The highest BCUT2D eigenvalue weighted by molar-refractivity contribution is 14.0. The molecule has 0 saturated carbocycles. The molecule has 0 bridgehead atoms. The van der Waals surface area contributed by atoms with Crippen LogP contribution in [0.4, 0.5) is 5.69 Å². The second-order valence-corrected chi connectivity index (χ2v) is 7.31. The van der Waals surface area contributed by atoms with E-state index in [1.807, 2.05) is 55.5 Å². The molecule has 2 rings (SSSR count). The number of rotatable bonds is 9. The number of methoxy groups -OCH3 is 2. The van der Waals surface area contributed by atoms with Crippen LogP contribution in [-0.4, -0.2) is 43.2 Å². The maximum absolute atomic E-state index is 12.2. The lowest BCUT2D eigenvalue weighted by molar-refractivity contribution is 0.355. The Labute approximate surface area is 186 Å². The van der Waals surface area contributed by atoms with Crippen LogP contribution >= 0.6 is 24.0 Å². The summed E-state index contributed by atoms with van der Waals surface area (Å²) in [6.07, 6.45) is 0. The Morgan fingerprint density at radius 2 is 1.79 bits per heavy atom. The summed E-state index contributed by atoms with van der Waals surface area (Å²) in [5, 5.41) is 6.42. The minimum atomic E-state index is -0.946. The van der Waals surface area contributed by atoms with Crippen molar-refractivity contribution in [3.05, 3.63) is 54.1 Å². The van der Waals surface area contributed by atoms with Gasteiger partial charge in [-0.2, -0.15) is 0 Å². The van der Waals surface area contributed by atoms with Gasteiger partial charge >= 0.3 is 0 Å². The molecule has 154 valence electrons. The maximum Gasteiger partial charge on any atom is 0.195 e. The van der Waals surface area contributed by atoms with E-state index in [0.29, 0.717) is 35.5 Å². The fourth-order valence-corrected chi connectivity index (χ4v) is 3.45. The summed E-state index contributed by atoms with van der Waals surface area (Å²) in [5.41, 5.74) is 1.91. The van der Waals surface area contributed by atoms with Crippen molar-refractivity contribution in [2.75, 3.05) is 38.4 Å². The van der Waals surface area contributed by atoms with Crippen LogP contribution in [0.1, 0.15) is 12.5 Å². The number of hydrogen-bond acceptors (Lipinski definition) is 4. The molecule has 0 radical (unpaired) electrons. The molecule has 0 aliphatic carbocycles. The molecular weight excluding hydrogens is 489 g/mol. The van der Waals surface area contributed by atoms with Crippen LogP contribution in [0.2, 0.25) is 0 Å². The molecule has 0 aliphatic rings. The van der Waals surface area contributed by atoms with Crippen LogP contribution in [0.15, 0.2) is 53.5 Å². The largest absolute Gasteiger partial charge is 0.493 e. The number of hydrogen-bond donors (Lipinski definition) is 2. The lowest BCUT2D eigenvalue weighted by atomic mass is 10.2. The second-order valence-electron chi connectivity index (χ2n) is 5.73. The molecule has 0 amide bonds. The van der Waals surface area contributed by atoms with E-state index >= 15 is 0 Å². The summed E-state index contributed by atoms with van der Waals surface area (Å²) in [6, 6.07) is 15.4. The van der Waals surface area contributed by atoms with Gasteiger partial charge in [0.15, 0.2) is 17.5 Å². The van der Waals surface area contributed by atoms with Gasteiger partial charge in [0, 0.05) is 40.6 Å². The number of halogens is 1. The van der Waals surface area contributed by atoms with Crippen molar-refractivity contribution in [3.63, 3.8) is 0 Å². The van der Waals surface area contributed by atoms with E-state index in [-0.39, 0.29) is 24.0 Å². The third kappa shape index (κ3) is 8.05. The molecule has 0 spiro atoms. The summed E-state index contributed by atoms with van der Waals surface area (Å²) < 4.78 is 22.8. The van der Waals surface area contributed by atoms with Crippen molar-refractivity contribution in [1.82, 2.24) is 5.32 Å². The van der Waals surface area contributed by atoms with E-state index < -0.39 is 10.8 Å². The van der Waals surface area contributed by atoms with Gasteiger partial charge in [-0.1, -0.05) is 30.3 Å². The average Bonchev–Trinajstić information content (AvgIpc) is 2.68. The SMILES string of the molecule is CCNC(=NCCS(=O)Cc1ccccc1)Nc1ccc(OC)c(OC)c1.I. The van der Waals surface area contributed by atoms with Gasteiger partial charge in [0.05, 0.1) is 20.8 Å². The van der Waals surface area contributed by atoms with Gasteiger partial charge in [-0.3, -0.25) is 9.20 Å². The van der Waals surface area contributed by atoms with Gasteiger partial charge in [0.25, 0.3) is 0 Å². The van der Waals surface area contributed by atoms with E-state index in [1.165, 1.54) is 0 Å². The minimum Gasteiger partial charge on any atom is -0.493 e. The fourth-order valence-electron chi connectivity index (χ4n) is 2.45. The first-order chi connectivity index (χ1) is 13.2. The third-order valence-electron chi connectivity index (χ3n) is 3.75. The van der Waals surface area contributed by atoms with Crippen LogP contribution in [0.3, 0.4) is 0 Å². The van der Waals surface area contributed by atoms with Gasteiger partial charge in [-0.15, -0.1) is 24.0 Å². The van der Waals surface area contributed by atoms with Crippen molar-refractivity contribution in [3.8, 4) is 11.5 Å². The van der Waals surface area contributed by atoms with Crippen molar-refractivity contribution >= 4 is 46.4 Å². The molecule has 1 atom stereocenters. The van der Waals surface area contributed by atoms with E-state index in [9.17, 15) is 4.21 Å². The van der Waals surface area contributed by atoms with Crippen LogP contribution in [0.5, 0.6) is 11.5 Å². The quantitative estimate of drug-likeness (QED) is 0.302. The summed E-state index contributed by atoms with van der Waals surface area (Å²) in [4.78, 5) is 4.52. The lowest BCUT2D eigenvalue weighted by Gasteiger charge is -2.13. The molecular formula is C20H28IN3O3S. The first kappa shape index (κ1) is 24.2. The lowest BCUT2D eigenvalue weighted by Crippen LogP contribution is -2.31. The zero-order valence-corrected chi connectivity index (χ0v) is 19.6. The van der Waals surface area contributed by atoms with Gasteiger partial charge in [0.2, 0.25) is 0 Å². The summed E-state index contributed by atoms with van der Waals surface area (Å²) in [5.74, 6) is 3.01. The van der Waals surface area contributed by atoms with Crippen LogP contribution in [-0.2, 0) is 16.6 Å². The maximum atomic E-state index is 12.2. The highest BCUT2D eigenvalue weighted by atomic mass is 127. The molecule has 0 heterocycles. The number of guanidine groups is 1. The summed E-state index contributed by atoms with van der Waals surface area (Å²) in [7, 11) is 2.26. The molecule has 1 unspecified atom stereocenters. The van der Waals surface area contributed by atoms with Crippen molar-refractivity contribution in [1.29, 1.82) is 0 Å². The topological polar surface area (TPSA) is 72.0 Å². The molecule has 28 heavy (non-hydrogen) atoms. The Morgan fingerprint density at radius 1 is 1.07 bits per heavy atom. The van der Waals surface area contributed by atoms with Crippen molar-refractivity contribution < 1.29 is 13.7 Å². The number of nitrogens with zero attached hydrogens (tertiary/aromatic N) is 1. The fraction of sp³-hybridized carbons (Fsp3) is 0.350. The van der Waals surface area contributed by atoms with Crippen LogP contribution < -0.4 is 20.1 Å². The highest BCUT2D eigenvalue weighted by Crippen LogP contribution is 2.29. The molecule has 0 aromatic heterocycles. The number of nitrogens with one attached hydrogen (secondary N) is 2. The zero-order valence-electron chi connectivity index (χ0n) is 16.4. The monoisotopic (exact) mass is 517 g/mol. The number of benzene rings is 2. The van der Waals surface area contributed by atoms with Crippen LogP contribution in [0.25, 0.3) is 0 Å². The number of aliphatic imine (C=N–C) groups is 1. The Morgan fingerprint density at radius 3 is 2.43 bits per heavy atom. The van der Waals surface area contributed by atoms with Crippen LogP contribution in [0, 0.1) is 0 Å². The average molecular weight is 517 g/mol. The Kier molecular flexibility index (Phi) is 11.6. The first-order valence-corrected chi connectivity index (χ1v) is 10.3. The van der Waals surface area contributed by atoms with E-state index in [1.54, 1.807) is 14.2 Å². The van der Waals surface area contributed by atoms with Gasteiger partial charge in [-0.25, -0.2) is 0 Å². The van der Waals surface area contributed by atoms with E-state index in [4.69, 9.17) is 9.47 Å². The molecule has 6 nitrogen and oxygen atoms in total. The minimum absolute atomic E-state index is 0. The van der Waals surface area contributed by atoms with Gasteiger partial charge in [0.1, 0.15) is 0 Å². The predicted molar refractivity (Wildman–Crippen MR) is 128 cm³/mol. The smallest absolute Gasteiger partial charge is 0.195 e. The van der Waals surface area contributed by atoms with Gasteiger partial charge < -0.3 is 20.1 Å². The van der Waals surface area contributed by atoms with Gasteiger partial charge in [-0.05, 0) is 24.6 Å². The van der Waals surface area contributed by atoms with Crippen molar-refractivity contribution in [2.24, 2.45) is 4.99 Å².